The fourth-order valence-electron chi connectivity index (χ4n) is 1.99. The maximum atomic E-state index is 11.7. The fourth-order valence-corrected chi connectivity index (χ4v) is 2.78. The Bertz CT molecular complexity index is 539. The summed E-state index contributed by atoms with van der Waals surface area (Å²) in [7, 11) is 3.50. The topological polar surface area (TPSA) is 56.7 Å². The minimum Gasteiger partial charge on any atom is -0.356 e. The molecule has 2 atom stereocenters. The van der Waals surface area contributed by atoms with Gasteiger partial charge >= 0.3 is 0 Å². The van der Waals surface area contributed by atoms with Gasteiger partial charge < -0.3 is 15.5 Å². The van der Waals surface area contributed by atoms with Gasteiger partial charge in [-0.25, -0.2) is 4.99 Å². The normalized spacial score (nSPS) is 19.2. The first-order chi connectivity index (χ1) is 11.1. The number of nitrogens with zero attached hydrogens (tertiary/aromatic N) is 2. The molecule has 0 saturated heterocycles. The van der Waals surface area contributed by atoms with Gasteiger partial charge in [0.25, 0.3) is 0 Å². The first-order valence-corrected chi connectivity index (χ1v) is 8.97. The number of halogens is 1. The van der Waals surface area contributed by atoms with Crippen molar-refractivity contribution in [3.63, 3.8) is 0 Å². The molecule has 1 aromatic carbocycles. The van der Waals surface area contributed by atoms with Gasteiger partial charge in [-0.15, -0.1) is 35.7 Å². The Morgan fingerprint density at radius 1 is 1.33 bits per heavy atom. The molecular weight excluding hydrogens is 435 g/mol. The van der Waals surface area contributed by atoms with E-state index in [1.165, 1.54) is 11.3 Å². The molecule has 1 aliphatic rings. The van der Waals surface area contributed by atoms with E-state index in [0.29, 0.717) is 12.0 Å². The number of carbonyl (C=O) groups is 1. The van der Waals surface area contributed by atoms with Gasteiger partial charge in [0.2, 0.25) is 5.91 Å². The standard InChI is InChI=1S/C17H26N4OS.HI/c1-13-11-15(13)20-17(19-12-16(22)21(2)3)18-9-10-23-14-7-5-4-6-8-14;/h4-8,13,15H,9-12H2,1-3H3,(H2,18,19,20);1H. The third-order valence-electron chi connectivity index (χ3n) is 3.71. The van der Waals surface area contributed by atoms with Gasteiger partial charge in [-0.1, -0.05) is 25.1 Å². The lowest BCUT2D eigenvalue weighted by molar-refractivity contribution is -0.127. The molecule has 0 spiro atoms. The first-order valence-electron chi connectivity index (χ1n) is 7.99. The molecule has 2 unspecified atom stereocenters. The van der Waals surface area contributed by atoms with E-state index in [1.54, 1.807) is 30.8 Å². The molecular formula is C17H27IN4OS. The van der Waals surface area contributed by atoms with Crippen LogP contribution in [0.3, 0.4) is 0 Å². The summed E-state index contributed by atoms with van der Waals surface area (Å²) in [5, 5.41) is 6.72. The van der Waals surface area contributed by atoms with Crippen LogP contribution in [0, 0.1) is 5.92 Å². The van der Waals surface area contributed by atoms with Gasteiger partial charge in [0.05, 0.1) is 0 Å². The molecule has 1 aliphatic carbocycles. The van der Waals surface area contributed by atoms with Crippen LogP contribution in [-0.4, -0.2) is 55.7 Å². The van der Waals surface area contributed by atoms with Crippen molar-refractivity contribution in [3.8, 4) is 0 Å². The van der Waals surface area contributed by atoms with Crippen LogP contribution in [0.2, 0.25) is 0 Å². The zero-order valence-electron chi connectivity index (χ0n) is 14.5. The number of likely N-dealkylation sites (N-methyl/N-ethyl adjacent to an activating group) is 1. The molecule has 0 aromatic heterocycles. The molecule has 7 heteroatoms. The van der Waals surface area contributed by atoms with Crippen LogP contribution in [0.25, 0.3) is 0 Å². The Hall–Kier alpha value is -0.960. The predicted octanol–water partition coefficient (Wildman–Crippen LogP) is 2.43. The summed E-state index contributed by atoms with van der Waals surface area (Å²) in [5.74, 6) is 2.38. The summed E-state index contributed by atoms with van der Waals surface area (Å²) in [5.41, 5.74) is 0. The second-order valence-electron chi connectivity index (χ2n) is 6.01. The van der Waals surface area contributed by atoms with Crippen LogP contribution in [0.5, 0.6) is 0 Å². The van der Waals surface area contributed by atoms with Gasteiger partial charge in [0, 0.05) is 37.3 Å². The summed E-state index contributed by atoms with van der Waals surface area (Å²) in [6.07, 6.45) is 1.17. The Balaban J connectivity index is 0.00000288. The average Bonchev–Trinajstić information content (AvgIpc) is 3.24. The zero-order chi connectivity index (χ0) is 16.7. The lowest BCUT2D eigenvalue weighted by atomic mass is 10.4. The van der Waals surface area contributed by atoms with Crippen molar-refractivity contribution in [1.29, 1.82) is 0 Å². The second-order valence-corrected chi connectivity index (χ2v) is 7.17. The molecule has 1 fully saturated rings. The van der Waals surface area contributed by atoms with Crippen molar-refractivity contribution in [2.24, 2.45) is 10.9 Å². The minimum absolute atomic E-state index is 0. The molecule has 5 nitrogen and oxygen atoms in total. The Morgan fingerprint density at radius 2 is 2.00 bits per heavy atom. The summed E-state index contributed by atoms with van der Waals surface area (Å²) in [4.78, 5) is 18.9. The third-order valence-corrected chi connectivity index (χ3v) is 4.72. The lowest BCUT2D eigenvalue weighted by Crippen LogP contribution is -2.41. The highest BCUT2D eigenvalue weighted by Gasteiger charge is 2.33. The SMILES string of the molecule is CC1CC1NC(=NCC(=O)N(C)C)NCCSc1ccccc1.I. The molecule has 1 aromatic rings. The number of hydrogen-bond donors (Lipinski definition) is 2. The highest BCUT2D eigenvalue weighted by atomic mass is 127. The molecule has 2 N–H and O–H groups in total. The summed E-state index contributed by atoms with van der Waals surface area (Å²) in [6, 6.07) is 10.8. The van der Waals surface area contributed by atoms with E-state index in [0.717, 1.165) is 18.3 Å². The average molecular weight is 462 g/mol. The monoisotopic (exact) mass is 462 g/mol. The lowest BCUT2D eigenvalue weighted by Gasteiger charge is -2.13. The van der Waals surface area contributed by atoms with Crippen LogP contribution in [0.1, 0.15) is 13.3 Å². The van der Waals surface area contributed by atoms with Crippen molar-refractivity contribution >= 4 is 47.6 Å². The molecule has 0 aliphatic heterocycles. The fraction of sp³-hybridized carbons (Fsp3) is 0.529. The number of thioether (sulfide) groups is 1. The minimum atomic E-state index is 0. The largest absolute Gasteiger partial charge is 0.356 e. The summed E-state index contributed by atoms with van der Waals surface area (Å²) < 4.78 is 0. The zero-order valence-corrected chi connectivity index (χ0v) is 17.6. The Labute approximate surface area is 166 Å². The van der Waals surface area contributed by atoms with Crippen LogP contribution in [0.4, 0.5) is 0 Å². The van der Waals surface area contributed by atoms with E-state index in [-0.39, 0.29) is 36.4 Å². The van der Waals surface area contributed by atoms with Crippen molar-refractivity contribution in [1.82, 2.24) is 15.5 Å². The van der Waals surface area contributed by atoms with Crippen LogP contribution in [-0.2, 0) is 4.79 Å². The smallest absolute Gasteiger partial charge is 0.243 e. The number of benzene rings is 1. The third kappa shape index (κ3) is 7.74. The highest BCUT2D eigenvalue weighted by molar-refractivity contribution is 14.0. The maximum absolute atomic E-state index is 11.7. The van der Waals surface area contributed by atoms with Crippen LogP contribution in [0.15, 0.2) is 40.2 Å². The highest BCUT2D eigenvalue weighted by Crippen LogP contribution is 2.28. The molecule has 1 saturated carbocycles. The van der Waals surface area contributed by atoms with Gasteiger partial charge in [0.1, 0.15) is 6.54 Å². The molecule has 1 amide bonds. The number of rotatable bonds is 7. The first kappa shape index (κ1) is 21.1. The van der Waals surface area contributed by atoms with E-state index < -0.39 is 0 Å². The number of amides is 1. The Morgan fingerprint density at radius 3 is 2.58 bits per heavy atom. The Kier molecular flexibility index (Phi) is 9.50. The molecule has 2 rings (SSSR count). The molecule has 0 radical (unpaired) electrons. The van der Waals surface area contributed by atoms with E-state index in [2.05, 4.69) is 34.7 Å². The molecule has 134 valence electrons. The number of guanidine groups is 1. The van der Waals surface area contributed by atoms with Gasteiger partial charge in [-0.2, -0.15) is 0 Å². The van der Waals surface area contributed by atoms with E-state index in [9.17, 15) is 4.79 Å². The maximum Gasteiger partial charge on any atom is 0.243 e. The van der Waals surface area contributed by atoms with Crippen molar-refractivity contribution in [2.75, 3.05) is 32.9 Å². The van der Waals surface area contributed by atoms with Crippen LogP contribution < -0.4 is 10.6 Å². The van der Waals surface area contributed by atoms with E-state index in [4.69, 9.17) is 0 Å². The van der Waals surface area contributed by atoms with Crippen molar-refractivity contribution in [3.05, 3.63) is 30.3 Å². The number of nitrogens with one attached hydrogen (secondary N) is 2. The predicted molar refractivity (Wildman–Crippen MR) is 112 cm³/mol. The quantitative estimate of drug-likeness (QED) is 0.215. The van der Waals surface area contributed by atoms with Crippen molar-refractivity contribution < 1.29 is 4.79 Å². The number of carbonyl (C=O) groups excluding carboxylic acids is 1. The van der Waals surface area contributed by atoms with E-state index in [1.807, 2.05) is 18.2 Å². The molecule has 24 heavy (non-hydrogen) atoms. The summed E-state index contributed by atoms with van der Waals surface area (Å²) >= 11 is 1.81. The van der Waals surface area contributed by atoms with Crippen molar-refractivity contribution in [2.45, 2.75) is 24.3 Å². The van der Waals surface area contributed by atoms with Gasteiger partial charge in [-0.05, 0) is 24.5 Å². The second kappa shape index (κ2) is 10.8. The molecule has 0 heterocycles. The van der Waals surface area contributed by atoms with Gasteiger partial charge in [0.15, 0.2) is 5.96 Å². The summed E-state index contributed by atoms with van der Waals surface area (Å²) in [6.45, 7) is 3.20. The van der Waals surface area contributed by atoms with Crippen LogP contribution >= 0.6 is 35.7 Å². The number of hydrogen-bond acceptors (Lipinski definition) is 3. The number of aliphatic imine (C=N–C) groups is 1. The molecule has 0 bridgehead atoms. The van der Waals surface area contributed by atoms with E-state index >= 15 is 0 Å². The van der Waals surface area contributed by atoms with Gasteiger partial charge in [-0.3, -0.25) is 4.79 Å².